The Hall–Kier alpha value is -1.85. The van der Waals surface area contributed by atoms with Crippen LogP contribution in [0.15, 0.2) is 6.07 Å². The number of carbonyl (C=O) groups excluding carboxylic acids is 1. The first-order valence-corrected chi connectivity index (χ1v) is 9.64. The number of nitrogens with zero attached hydrogens (tertiary/aromatic N) is 3. The van der Waals surface area contributed by atoms with Crippen molar-refractivity contribution in [2.75, 3.05) is 13.1 Å². The predicted molar refractivity (Wildman–Crippen MR) is 96.8 cm³/mol. The van der Waals surface area contributed by atoms with E-state index in [0.717, 1.165) is 37.9 Å². The van der Waals surface area contributed by atoms with E-state index < -0.39 is 0 Å². The highest BCUT2D eigenvalue weighted by atomic mass is 16.5. The maximum atomic E-state index is 12.6. The molecule has 6 nitrogen and oxygen atoms in total. The Labute approximate surface area is 150 Å². The van der Waals surface area contributed by atoms with E-state index in [9.17, 15) is 4.79 Å². The zero-order valence-electron chi connectivity index (χ0n) is 15.5. The highest BCUT2D eigenvalue weighted by Crippen LogP contribution is 2.20. The first-order chi connectivity index (χ1) is 12.1. The summed E-state index contributed by atoms with van der Waals surface area (Å²) in [5, 5.41) is 3.24. The summed E-state index contributed by atoms with van der Waals surface area (Å²) in [6, 6.07) is 2.26. The molecule has 0 aromatic carbocycles. The van der Waals surface area contributed by atoms with Crippen molar-refractivity contribution < 1.29 is 9.53 Å². The maximum absolute atomic E-state index is 12.6. The van der Waals surface area contributed by atoms with Gasteiger partial charge in [-0.3, -0.25) is 0 Å². The zero-order valence-corrected chi connectivity index (χ0v) is 15.5. The van der Waals surface area contributed by atoms with Gasteiger partial charge in [0.25, 0.3) is 0 Å². The molecule has 2 amide bonds. The molecule has 2 aliphatic rings. The first-order valence-electron chi connectivity index (χ1n) is 9.64. The van der Waals surface area contributed by atoms with Gasteiger partial charge in [-0.25, -0.2) is 9.78 Å². The quantitative estimate of drug-likeness (QED) is 0.852. The normalized spacial score (nSPS) is 22.3. The highest BCUT2D eigenvalue weighted by Gasteiger charge is 2.26. The molecule has 3 rings (SSSR count). The lowest BCUT2D eigenvalue weighted by Crippen LogP contribution is -2.50. The molecule has 2 fully saturated rings. The second-order valence-corrected chi connectivity index (χ2v) is 7.36. The molecule has 1 atom stereocenters. The van der Waals surface area contributed by atoms with Crippen LogP contribution in [-0.2, 0) is 0 Å². The van der Waals surface area contributed by atoms with Gasteiger partial charge in [0, 0.05) is 24.3 Å². The van der Waals surface area contributed by atoms with Crippen molar-refractivity contribution in [2.24, 2.45) is 0 Å². The summed E-state index contributed by atoms with van der Waals surface area (Å²) in [5.41, 5.74) is 0.904. The van der Waals surface area contributed by atoms with Crippen molar-refractivity contribution in [1.82, 2.24) is 20.2 Å². The van der Waals surface area contributed by atoms with E-state index in [1.807, 2.05) is 24.8 Å². The van der Waals surface area contributed by atoms with Crippen LogP contribution >= 0.6 is 0 Å². The molecule has 25 heavy (non-hydrogen) atoms. The third-order valence-electron chi connectivity index (χ3n) is 5.08. The van der Waals surface area contributed by atoms with Crippen molar-refractivity contribution in [3.8, 4) is 5.88 Å². The van der Waals surface area contributed by atoms with Crippen molar-refractivity contribution in [3.05, 3.63) is 17.6 Å². The highest BCUT2D eigenvalue weighted by molar-refractivity contribution is 5.74. The summed E-state index contributed by atoms with van der Waals surface area (Å²) in [6.07, 6.45) is 9.18. The van der Waals surface area contributed by atoms with E-state index in [1.54, 1.807) is 0 Å². The number of aryl methyl sites for hydroxylation is 2. The average molecular weight is 346 g/mol. The standard InChI is InChI=1S/C19H30N4O2/c1-14-12-18(21-15(2)20-14)25-17-10-7-11-23(13-17)19(24)22-16-8-5-3-4-6-9-16/h12,16-17H,3-11,13H2,1-2H3,(H,22,24). The molecule has 1 aliphatic carbocycles. The fourth-order valence-corrected chi connectivity index (χ4v) is 3.82. The van der Waals surface area contributed by atoms with Crippen LogP contribution in [0.4, 0.5) is 4.79 Å². The molecule has 0 radical (unpaired) electrons. The average Bonchev–Trinajstić information content (AvgIpc) is 2.83. The van der Waals surface area contributed by atoms with Crippen LogP contribution in [0.3, 0.4) is 0 Å². The fourth-order valence-electron chi connectivity index (χ4n) is 3.82. The largest absolute Gasteiger partial charge is 0.472 e. The molecular formula is C19H30N4O2. The van der Waals surface area contributed by atoms with Crippen LogP contribution in [0.25, 0.3) is 0 Å². The predicted octanol–water partition coefficient (Wildman–Crippen LogP) is 3.37. The lowest BCUT2D eigenvalue weighted by atomic mass is 10.1. The number of hydrogen-bond acceptors (Lipinski definition) is 4. The van der Waals surface area contributed by atoms with Gasteiger partial charge in [-0.15, -0.1) is 0 Å². The molecule has 138 valence electrons. The van der Waals surface area contributed by atoms with Crippen LogP contribution in [0, 0.1) is 13.8 Å². The van der Waals surface area contributed by atoms with E-state index in [4.69, 9.17) is 4.74 Å². The van der Waals surface area contributed by atoms with Gasteiger partial charge in [-0.2, -0.15) is 4.98 Å². The second kappa shape index (κ2) is 8.50. The Morgan fingerprint density at radius 1 is 1.12 bits per heavy atom. The zero-order chi connectivity index (χ0) is 17.6. The molecule has 1 aliphatic heterocycles. The summed E-state index contributed by atoms with van der Waals surface area (Å²) in [5.74, 6) is 1.33. The van der Waals surface area contributed by atoms with Crippen LogP contribution < -0.4 is 10.1 Å². The second-order valence-electron chi connectivity index (χ2n) is 7.36. The topological polar surface area (TPSA) is 67.3 Å². The van der Waals surface area contributed by atoms with Crippen LogP contribution in [0.5, 0.6) is 5.88 Å². The summed E-state index contributed by atoms with van der Waals surface area (Å²) in [7, 11) is 0. The van der Waals surface area contributed by atoms with Gasteiger partial charge in [0.1, 0.15) is 11.9 Å². The summed E-state index contributed by atoms with van der Waals surface area (Å²) >= 11 is 0. The number of amides is 2. The maximum Gasteiger partial charge on any atom is 0.317 e. The molecule has 1 saturated heterocycles. The van der Waals surface area contributed by atoms with Gasteiger partial charge in [0.2, 0.25) is 5.88 Å². The number of ether oxygens (including phenoxy) is 1. The number of piperidine rings is 1. The molecule has 1 unspecified atom stereocenters. The van der Waals surface area contributed by atoms with Crippen LogP contribution in [-0.4, -0.2) is 46.1 Å². The Bertz CT molecular complexity index is 565. The van der Waals surface area contributed by atoms with Crippen molar-refractivity contribution in [1.29, 1.82) is 0 Å². The van der Waals surface area contributed by atoms with Gasteiger partial charge >= 0.3 is 6.03 Å². The van der Waals surface area contributed by atoms with Gasteiger partial charge in [-0.05, 0) is 39.5 Å². The minimum Gasteiger partial charge on any atom is -0.472 e. The van der Waals surface area contributed by atoms with E-state index in [2.05, 4.69) is 15.3 Å². The van der Waals surface area contributed by atoms with E-state index in [-0.39, 0.29) is 12.1 Å². The summed E-state index contributed by atoms with van der Waals surface area (Å²) in [4.78, 5) is 23.1. The minimum absolute atomic E-state index is 0.00216. The molecule has 0 spiro atoms. The molecule has 0 bridgehead atoms. The van der Waals surface area contributed by atoms with Crippen molar-refractivity contribution >= 4 is 6.03 Å². The SMILES string of the molecule is Cc1cc(OC2CCCN(C(=O)NC3CCCCCC3)C2)nc(C)n1. The summed E-state index contributed by atoms with van der Waals surface area (Å²) in [6.45, 7) is 5.24. The molecule has 6 heteroatoms. The first kappa shape index (κ1) is 18.0. The van der Waals surface area contributed by atoms with E-state index in [0.29, 0.717) is 24.3 Å². The van der Waals surface area contributed by atoms with Gasteiger partial charge < -0.3 is 15.0 Å². The van der Waals surface area contributed by atoms with Gasteiger partial charge in [0.05, 0.1) is 6.54 Å². The van der Waals surface area contributed by atoms with Crippen molar-refractivity contribution in [2.45, 2.75) is 77.4 Å². The Morgan fingerprint density at radius 3 is 2.60 bits per heavy atom. The number of carbonyl (C=O) groups is 1. The van der Waals surface area contributed by atoms with Crippen LogP contribution in [0.1, 0.15) is 62.9 Å². The summed E-state index contributed by atoms with van der Waals surface area (Å²) < 4.78 is 6.03. The number of hydrogen-bond donors (Lipinski definition) is 1. The monoisotopic (exact) mass is 346 g/mol. The van der Waals surface area contributed by atoms with E-state index >= 15 is 0 Å². The number of rotatable bonds is 3. The van der Waals surface area contributed by atoms with Gasteiger partial charge in [0.15, 0.2) is 0 Å². The fraction of sp³-hybridized carbons (Fsp3) is 0.737. The number of nitrogens with one attached hydrogen (secondary N) is 1. The third-order valence-corrected chi connectivity index (χ3v) is 5.08. The molecule has 1 saturated carbocycles. The smallest absolute Gasteiger partial charge is 0.317 e. The van der Waals surface area contributed by atoms with Crippen LogP contribution in [0.2, 0.25) is 0 Å². The molecule has 1 aromatic rings. The Balaban J connectivity index is 1.54. The van der Waals surface area contributed by atoms with Gasteiger partial charge in [-0.1, -0.05) is 25.7 Å². The minimum atomic E-state index is 0.00216. The molecule has 1 N–H and O–H groups in total. The number of urea groups is 1. The molecule has 2 heterocycles. The molecular weight excluding hydrogens is 316 g/mol. The lowest BCUT2D eigenvalue weighted by Gasteiger charge is -2.33. The Morgan fingerprint density at radius 2 is 1.88 bits per heavy atom. The number of aromatic nitrogens is 2. The Kier molecular flexibility index (Phi) is 6.10. The van der Waals surface area contributed by atoms with E-state index in [1.165, 1.54) is 25.7 Å². The van der Waals surface area contributed by atoms with Crippen molar-refractivity contribution in [3.63, 3.8) is 0 Å². The number of likely N-dealkylation sites (tertiary alicyclic amines) is 1. The lowest BCUT2D eigenvalue weighted by molar-refractivity contribution is 0.0961. The molecule has 1 aromatic heterocycles. The third kappa shape index (κ3) is 5.31.